The number of ether oxygens (including phenoxy) is 1. The van der Waals surface area contributed by atoms with E-state index >= 15 is 0 Å². The van der Waals surface area contributed by atoms with Crippen molar-refractivity contribution in [2.45, 2.75) is 12.8 Å². The van der Waals surface area contributed by atoms with Crippen LogP contribution in [0.3, 0.4) is 0 Å². The second-order valence-corrected chi connectivity index (χ2v) is 5.34. The summed E-state index contributed by atoms with van der Waals surface area (Å²) < 4.78 is 5.31. The fourth-order valence-corrected chi connectivity index (χ4v) is 3.07. The van der Waals surface area contributed by atoms with Crippen molar-refractivity contribution >= 4 is 5.57 Å². The molecule has 0 radical (unpaired) electrons. The molecule has 0 fully saturated rings. The number of methoxy groups -OCH3 is 1. The number of fused-ring (bicyclic) bond motifs is 1. The third kappa shape index (κ3) is 2.68. The molecule has 2 aromatic rings. The van der Waals surface area contributed by atoms with Crippen molar-refractivity contribution in [2.24, 2.45) is 5.92 Å². The van der Waals surface area contributed by atoms with Crippen molar-refractivity contribution in [1.82, 2.24) is 0 Å². The fourth-order valence-electron chi connectivity index (χ4n) is 3.07. The highest BCUT2D eigenvalue weighted by molar-refractivity contribution is 5.77. The number of nitrogens with zero attached hydrogens (tertiary/aromatic N) is 1. The van der Waals surface area contributed by atoms with E-state index < -0.39 is 0 Å². The molecule has 0 saturated heterocycles. The average Bonchev–Trinajstić information content (AvgIpc) is 2.85. The Labute approximate surface area is 125 Å². The molecule has 1 atom stereocenters. The van der Waals surface area contributed by atoms with Gasteiger partial charge >= 0.3 is 0 Å². The molecule has 0 aromatic heterocycles. The molecule has 3 rings (SSSR count). The zero-order valence-electron chi connectivity index (χ0n) is 12.0. The molecule has 2 aromatic carbocycles. The van der Waals surface area contributed by atoms with Crippen LogP contribution in [0.1, 0.15) is 16.7 Å². The average molecular weight is 275 g/mol. The summed E-state index contributed by atoms with van der Waals surface area (Å²) in [6, 6.07) is 18.8. The van der Waals surface area contributed by atoms with Gasteiger partial charge in [0.1, 0.15) is 5.75 Å². The van der Waals surface area contributed by atoms with E-state index in [1.54, 1.807) is 13.2 Å². The predicted molar refractivity (Wildman–Crippen MR) is 83.9 cm³/mol. The van der Waals surface area contributed by atoms with E-state index in [1.807, 2.05) is 18.2 Å². The molecule has 0 bridgehead atoms. The first-order chi connectivity index (χ1) is 10.3. The molecule has 104 valence electrons. The van der Waals surface area contributed by atoms with Gasteiger partial charge in [0.05, 0.1) is 13.2 Å². The Morgan fingerprint density at radius 3 is 2.76 bits per heavy atom. The zero-order chi connectivity index (χ0) is 14.7. The lowest BCUT2D eigenvalue weighted by Gasteiger charge is -2.11. The van der Waals surface area contributed by atoms with Crippen LogP contribution in [0.25, 0.3) is 5.57 Å². The molecule has 0 aliphatic heterocycles. The fraction of sp³-hybridized carbons (Fsp3) is 0.211. The van der Waals surface area contributed by atoms with Crippen molar-refractivity contribution in [1.29, 1.82) is 5.26 Å². The van der Waals surface area contributed by atoms with Gasteiger partial charge in [0.15, 0.2) is 0 Å². The zero-order valence-corrected chi connectivity index (χ0v) is 12.0. The molecule has 1 aliphatic rings. The highest BCUT2D eigenvalue weighted by Crippen LogP contribution is 2.40. The van der Waals surface area contributed by atoms with Crippen LogP contribution in [-0.4, -0.2) is 7.11 Å². The van der Waals surface area contributed by atoms with Gasteiger partial charge in [-0.1, -0.05) is 36.4 Å². The number of hydrogen-bond acceptors (Lipinski definition) is 2. The third-order valence-electron chi connectivity index (χ3n) is 4.08. The van der Waals surface area contributed by atoms with Gasteiger partial charge < -0.3 is 4.74 Å². The molecule has 0 N–H and O–H groups in total. The molecule has 0 heterocycles. The van der Waals surface area contributed by atoms with Crippen molar-refractivity contribution in [3.05, 3.63) is 71.3 Å². The molecule has 0 spiro atoms. The highest BCUT2D eigenvalue weighted by atomic mass is 16.5. The molecule has 2 nitrogen and oxygen atoms in total. The van der Waals surface area contributed by atoms with Gasteiger partial charge in [-0.15, -0.1) is 0 Å². The first-order valence-electron chi connectivity index (χ1n) is 7.12. The normalized spacial score (nSPS) is 18.3. The van der Waals surface area contributed by atoms with Crippen LogP contribution in [-0.2, 0) is 12.8 Å². The molecule has 21 heavy (non-hydrogen) atoms. The van der Waals surface area contributed by atoms with Crippen molar-refractivity contribution in [3.8, 4) is 11.8 Å². The van der Waals surface area contributed by atoms with Crippen LogP contribution >= 0.6 is 0 Å². The summed E-state index contributed by atoms with van der Waals surface area (Å²) in [6.07, 6.45) is 3.64. The van der Waals surface area contributed by atoms with Gasteiger partial charge in [0, 0.05) is 6.08 Å². The Kier molecular flexibility index (Phi) is 3.75. The summed E-state index contributed by atoms with van der Waals surface area (Å²) in [4.78, 5) is 0. The molecule has 0 saturated carbocycles. The van der Waals surface area contributed by atoms with E-state index in [-0.39, 0.29) is 0 Å². The molecular formula is C19H17NO. The van der Waals surface area contributed by atoms with Crippen LogP contribution < -0.4 is 4.74 Å². The minimum absolute atomic E-state index is 0.370. The summed E-state index contributed by atoms with van der Waals surface area (Å²) in [5.74, 6) is 1.21. The number of benzene rings is 2. The topological polar surface area (TPSA) is 33.0 Å². The number of hydrogen-bond donors (Lipinski definition) is 0. The maximum absolute atomic E-state index is 9.10. The Morgan fingerprint density at radius 1 is 1.24 bits per heavy atom. The minimum atomic E-state index is 0.370. The monoisotopic (exact) mass is 275 g/mol. The summed E-state index contributed by atoms with van der Waals surface area (Å²) in [6.45, 7) is 0. The molecular weight excluding hydrogens is 258 g/mol. The van der Waals surface area contributed by atoms with E-state index in [0.29, 0.717) is 5.92 Å². The second kappa shape index (κ2) is 5.85. The van der Waals surface area contributed by atoms with E-state index in [2.05, 4.69) is 36.4 Å². The summed E-state index contributed by atoms with van der Waals surface area (Å²) >= 11 is 0. The predicted octanol–water partition coefficient (Wildman–Crippen LogP) is 4.02. The van der Waals surface area contributed by atoms with Crippen LogP contribution in [0.2, 0.25) is 0 Å². The van der Waals surface area contributed by atoms with Gasteiger partial charge in [-0.2, -0.15) is 5.26 Å². The van der Waals surface area contributed by atoms with E-state index in [9.17, 15) is 0 Å². The largest absolute Gasteiger partial charge is 0.497 e. The van der Waals surface area contributed by atoms with Crippen LogP contribution in [0.15, 0.2) is 54.6 Å². The molecule has 2 heteroatoms. The van der Waals surface area contributed by atoms with E-state index in [1.165, 1.54) is 11.1 Å². The maximum Gasteiger partial charge on any atom is 0.119 e. The lowest BCUT2D eigenvalue weighted by molar-refractivity contribution is 0.414. The first-order valence-corrected chi connectivity index (χ1v) is 7.12. The Bertz CT molecular complexity index is 710. The lowest BCUT2D eigenvalue weighted by Crippen LogP contribution is -2.03. The highest BCUT2D eigenvalue weighted by Gasteiger charge is 2.27. The van der Waals surface area contributed by atoms with Gasteiger partial charge in [-0.05, 0) is 53.2 Å². The van der Waals surface area contributed by atoms with E-state index in [0.717, 1.165) is 29.7 Å². The molecule has 1 aliphatic carbocycles. The Hall–Kier alpha value is -2.53. The maximum atomic E-state index is 9.10. The number of allylic oxidation sites excluding steroid dienone is 2. The summed E-state index contributed by atoms with van der Waals surface area (Å²) in [5, 5.41) is 9.10. The second-order valence-electron chi connectivity index (χ2n) is 5.34. The molecule has 1 unspecified atom stereocenters. The number of nitriles is 1. The Balaban J connectivity index is 1.94. The quantitative estimate of drug-likeness (QED) is 0.793. The van der Waals surface area contributed by atoms with Crippen LogP contribution in [0, 0.1) is 17.2 Å². The van der Waals surface area contributed by atoms with Gasteiger partial charge in [-0.3, -0.25) is 0 Å². The van der Waals surface area contributed by atoms with Gasteiger partial charge in [-0.25, -0.2) is 0 Å². The smallest absolute Gasteiger partial charge is 0.119 e. The van der Waals surface area contributed by atoms with Crippen molar-refractivity contribution < 1.29 is 4.74 Å². The summed E-state index contributed by atoms with van der Waals surface area (Å²) in [5.41, 5.74) is 4.91. The summed E-state index contributed by atoms with van der Waals surface area (Å²) in [7, 11) is 1.67. The van der Waals surface area contributed by atoms with Crippen LogP contribution in [0.5, 0.6) is 5.75 Å². The van der Waals surface area contributed by atoms with Gasteiger partial charge in [0.2, 0.25) is 0 Å². The lowest BCUT2D eigenvalue weighted by atomic mass is 9.92. The number of rotatable bonds is 3. The van der Waals surface area contributed by atoms with Crippen molar-refractivity contribution in [3.63, 3.8) is 0 Å². The van der Waals surface area contributed by atoms with E-state index in [4.69, 9.17) is 10.00 Å². The third-order valence-corrected chi connectivity index (χ3v) is 4.08. The SMILES string of the molecule is COc1ccc2c(c1)/C(=C/C#N)C(Cc1ccccc1)C2. The first kappa shape index (κ1) is 13.5. The van der Waals surface area contributed by atoms with Crippen molar-refractivity contribution in [2.75, 3.05) is 7.11 Å². The van der Waals surface area contributed by atoms with Gasteiger partial charge in [0.25, 0.3) is 0 Å². The minimum Gasteiger partial charge on any atom is -0.497 e. The van der Waals surface area contributed by atoms with Crippen LogP contribution in [0.4, 0.5) is 0 Å². The Morgan fingerprint density at radius 2 is 2.05 bits per heavy atom. The molecule has 0 amide bonds. The standard InChI is InChI=1S/C19H17NO/c1-21-17-8-7-15-12-16(11-14-5-3-2-4-6-14)18(9-10-20)19(15)13-17/h2-9,13,16H,11-12H2,1H3/b18-9+.